The summed E-state index contributed by atoms with van der Waals surface area (Å²) in [6.45, 7) is 1.94. The predicted molar refractivity (Wildman–Crippen MR) is 140 cm³/mol. The van der Waals surface area contributed by atoms with E-state index in [0.29, 0.717) is 33.4 Å². The van der Waals surface area contributed by atoms with Gasteiger partial charge in [0.1, 0.15) is 5.75 Å². The van der Waals surface area contributed by atoms with Gasteiger partial charge in [0.05, 0.1) is 39.8 Å². The largest absolute Gasteiger partial charge is 0.482 e. The summed E-state index contributed by atoms with van der Waals surface area (Å²) in [7, 11) is 0. The first kappa shape index (κ1) is 23.4. The summed E-state index contributed by atoms with van der Waals surface area (Å²) >= 11 is 1.36. The molecule has 0 fully saturated rings. The number of benzene rings is 3. The highest BCUT2D eigenvalue weighted by atomic mass is 32.1. The van der Waals surface area contributed by atoms with Gasteiger partial charge in [-0.2, -0.15) is 5.10 Å². The molecule has 12 heteroatoms. The van der Waals surface area contributed by atoms with E-state index >= 15 is 0 Å². The van der Waals surface area contributed by atoms with E-state index in [1.54, 1.807) is 16.8 Å². The highest BCUT2D eigenvalue weighted by Gasteiger charge is 2.23. The summed E-state index contributed by atoms with van der Waals surface area (Å²) in [5.41, 5.74) is 3.83. The molecule has 0 bridgehead atoms. The minimum atomic E-state index is -0.493. The number of hydrogen-bond acceptors (Lipinski definition) is 9. The molecule has 4 aromatic rings. The zero-order chi connectivity index (χ0) is 26.2. The van der Waals surface area contributed by atoms with Crippen molar-refractivity contribution in [2.75, 3.05) is 18.7 Å². The quantitative estimate of drug-likeness (QED) is 0.228. The molecule has 2 aliphatic heterocycles. The number of fused-ring (bicyclic) bond motifs is 2. The Morgan fingerprint density at radius 3 is 2.74 bits per heavy atom. The van der Waals surface area contributed by atoms with Crippen LogP contribution in [0.5, 0.6) is 17.2 Å². The average molecular weight is 530 g/mol. The number of aryl methyl sites for hydroxylation is 1. The third-order valence-corrected chi connectivity index (χ3v) is 6.67. The first-order chi connectivity index (χ1) is 18.4. The second-order valence-electron chi connectivity index (χ2n) is 8.48. The molecule has 38 heavy (non-hydrogen) atoms. The molecular formula is C26H19N5O6S. The molecule has 0 radical (unpaired) electrons. The maximum Gasteiger partial charge on any atom is 0.282 e. The topological polar surface area (TPSA) is 130 Å². The highest BCUT2D eigenvalue weighted by Crippen LogP contribution is 2.37. The van der Waals surface area contributed by atoms with Crippen molar-refractivity contribution in [3.05, 3.63) is 86.0 Å². The summed E-state index contributed by atoms with van der Waals surface area (Å²) in [6.07, 6.45) is 1.40. The van der Waals surface area contributed by atoms with E-state index in [2.05, 4.69) is 10.4 Å². The number of nitro groups is 1. The number of nitrogens with zero attached hydrogens (tertiary/aromatic N) is 4. The molecule has 0 spiro atoms. The van der Waals surface area contributed by atoms with E-state index in [1.165, 1.54) is 29.7 Å². The first-order valence-corrected chi connectivity index (χ1v) is 12.3. The number of amides is 1. The van der Waals surface area contributed by atoms with Gasteiger partial charge in [0.15, 0.2) is 18.1 Å². The molecule has 0 unspecified atom stereocenters. The molecule has 6 rings (SSSR count). The summed E-state index contributed by atoms with van der Waals surface area (Å²) in [5, 5.41) is 21.1. The van der Waals surface area contributed by atoms with Gasteiger partial charge in [-0.05, 0) is 48.9 Å². The molecule has 11 nitrogen and oxygen atoms in total. The Balaban J connectivity index is 1.49. The minimum absolute atomic E-state index is 0.00534. The van der Waals surface area contributed by atoms with Gasteiger partial charge < -0.3 is 19.5 Å². The predicted octanol–water partition coefficient (Wildman–Crippen LogP) is 4.61. The van der Waals surface area contributed by atoms with Gasteiger partial charge in [-0.15, -0.1) is 11.3 Å². The number of nitrogens with one attached hydrogen (secondary N) is 1. The van der Waals surface area contributed by atoms with Crippen molar-refractivity contribution >= 4 is 40.5 Å². The molecule has 1 amide bonds. The number of thiazole rings is 1. The number of ether oxygens (including phenoxy) is 3. The minimum Gasteiger partial charge on any atom is -0.482 e. The molecule has 0 saturated carbocycles. The second kappa shape index (κ2) is 9.48. The van der Waals surface area contributed by atoms with Crippen LogP contribution in [0.3, 0.4) is 0 Å². The van der Waals surface area contributed by atoms with Crippen molar-refractivity contribution in [3.63, 3.8) is 0 Å². The molecular weight excluding hydrogens is 510 g/mol. The van der Waals surface area contributed by atoms with Crippen molar-refractivity contribution in [3.8, 4) is 28.5 Å². The van der Waals surface area contributed by atoms with Gasteiger partial charge in [0.2, 0.25) is 11.6 Å². The van der Waals surface area contributed by atoms with E-state index in [9.17, 15) is 14.9 Å². The molecule has 3 heterocycles. The van der Waals surface area contributed by atoms with Gasteiger partial charge in [-0.3, -0.25) is 14.9 Å². The van der Waals surface area contributed by atoms with Crippen LogP contribution in [0, 0.1) is 17.0 Å². The molecule has 1 aromatic heterocycles. The van der Waals surface area contributed by atoms with Crippen LogP contribution in [0.15, 0.2) is 70.1 Å². The van der Waals surface area contributed by atoms with Crippen LogP contribution >= 0.6 is 11.3 Å². The lowest BCUT2D eigenvalue weighted by molar-refractivity contribution is -0.385. The van der Waals surface area contributed by atoms with Crippen molar-refractivity contribution in [2.24, 2.45) is 10.1 Å². The number of carbonyl (C=O) groups excluding carboxylic acids is 1. The first-order valence-electron chi connectivity index (χ1n) is 11.5. The maximum atomic E-state index is 11.9. The molecule has 0 aliphatic carbocycles. The van der Waals surface area contributed by atoms with Crippen molar-refractivity contribution < 1.29 is 23.9 Å². The smallest absolute Gasteiger partial charge is 0.282 e. The van der Waals surface area contributed by atoms with Gasteiger partial charge >= 0.3 is 0 Å². The van der Waals surface area contributed by atoms with E-state index in [-0.39, 0.29) is 30.6 Å². The van der Waals surface area contributed by atoms with Crippen LogP contribution in [0.25, 0.3) is 11.3 Å². The van der Waals surface area contributed by atoms with E-state index in [0.717, 1.165) is 16.8 Å². The fourth-order valence-electron chi connectivity index (χ4n) is 4.07. The Hall–Kier alpha value is -4.97. The van der Waals surface area contributed by atoms with Gasteiger partial charge in [-0.25, -0.2) is 9.67 Å². The van der Waals surface area contributed by atoms with Crippen molar-refractivity contribution in [2.45, 2.75) is 6.92 Å². The van der Waals surface area contributed by atoms with Crippen LogP contribution in [0.1, 0.15) is 11.1 Å². The third-order valence-electron chi connectivity index (χ3n) is 5.85. The van der Waals surface area contributed by atoms with Crippen LogP contribution in [0.2, 0.25) is 0 Å². The Morgan fingerprint density at radius 1 is 1.08 bits per heavy atom. The summed E-state index contributed by atoms with van der Waals surface area (Å²) in [5.74, 6) is 1.05. The van der Waals surface area contributed by atoms with Crippen LogP contribution < -0.4 is 24.3 Å². The number of carbonyl (C=O) groups is 1. The number of aromatic nitrogens is 1. The van der Waals surface area contributed by atoms with Crippen molar-refractivity contribution in [1.82, 2.24) is 4.68 Å². The Morgan fingerprint density at radius 2 is 1.92 bits per heavy atom. The Bertz CT molecular complexity index is 1710. The van der Waals surface area contributed by atoms with E-state index in [1.807, 2.05) is 42.6 Å². The van der Waals surface area contributed by atoms with Crippen molar-refractivity contribution in [1.29, 1.82) is 0 Å². The fraction of sp³-hybridized carbons (Fsp3) is 0.115. The standard InChI is InChI=1S/C26H19N5O6S/c1-15-3-2-4-18(7-15)28-26-30(27-11-17-9-23-24(37-14-36-23)10-20(17)31(33)34)21(13-38-26)16-5-6-22-19(8-16)29-25(32)12-35-22/h2-11,13H,12,14H2,1H3,(H,29,32). The van der Waals surface area contributed by atoms with Crippen LogP contribution in [0.4, 0.5) is 17.1 Å². The SMILES string of the molecule is Cc1cccc(N=c2scc(-c3ccc4c(c3)NC(=O)CO4)n2N=Cc2cc3c(cc2[N+](=O)[O-])OCO3)c1. The second-order valence-corrected chi connectivity index (χ2v) is 9.32. The zero-order valence-corrected chi connectivity index (χ0v) is 20.7. The average Bonchev–Trinajstić information content (AvgIpc) is 3.52. The molecule has 3 aromatic carbocycles. The highest BCUT2D eigenvalue weighted by molar-refractivity contribution is 7.07. The lowest BCUT2D eigenvalue weighted by Crippen LogP contribution is -2.25. The zero-order valence-electron chi connectivity index (χ0n) is 19.9. The fourth-order valence-corrected chi connectivity index (χ4v) is 4.92. The lowest BCUT2D eigenvalue weighted by Gasteiger charge is -2.18. The van der Waals surface area contributed by atoms with Crippen LogP contribution in [-0.2, 0) is 4.79 Å². The number of anilines is 1. The molecule has 190 valence electrons. The maximum absolute atomic E-state index is 11.9. The molecule has 0 atom stereocenters. The summed E-state index contributed by atoms with van der Waals surface area (Å²) < 4.78 is 17.8. The monoisotopic (exact) mass is 529 g/mol. The summed E-state index contributed by atoms with van der Waals surface area (Å²) in [6, 6.07) is 16.0. The van der Waals surface area contributed by atoms with E-state index < -0.39 is 4.92 Å². The number of hydrogen-bond donors (Lipinski definition) is 1. The third kappa shape index (κ3) is 4.48. The van der Waals surface area contributed by atoms with E-state index in [4.69, 9.17) is 19.2 Å². The normalized spacial score (nSPS) is 14.3. The summed E-state index contributed by atoms with van der Waals surface area (Å²) in [4.78, 5) is 28.4. The van der Waals surface area contributed by atoms with Gasteiger partial charge in [0.25, 0.3) is 11.6 Å². The number of nitro benzene ring substituents is 1. The molecule has 1 N–H and O–H groups in total. The van der Waals surface area contributed by atoms with Gasteiger partial charge in [0, 0.05) is 10.9 Å². The van der Waals surface area contributed by atoms with Crippen LogP contribution in [-0.4, -0.2) is 35.1 Å². The van der Waals surface area contributed by atoms with Gasteiger partial charge in [-0.1, -0.05) is 12.1 Å². The Labute approximate surface area is 219 Å². The lowest BCUT2D eigenvalue weighted by atomic mass is 10.1. The Kier molecular flexibility index (Phi) is 5.85. The molecule has 0 saturated heterocycles. The number of rotatable bonds is 5. The molecule has 2 aliphatic rings.